The van der Waals surface area contributed by atoms with Gasteiger partial charge in [0.2, 0.25) is 0 Å². The molecule has 0 aliphatic carbocycles. The number of hydrogen-bond donors (Lipinski definition) is 0. The fourth-order valence-electron chi connectivity index (χ4n) is 3.14. The molecule has 0 spiro atoms. The van der Waals surface area contributed by atoms with E-state index >= 15 is 0 Å². The van der Waals surface area contributed by atoms with E-state index in [9.17, 15) is 9.59 Å². The Labute approximate surface area is 165 Å². The van der Waals surface area contributed by atoms with Gasteiger partial charge in [-0.3, -0.25) is 4.79 Å². The summed E-state index contributed by atoms with van der Waals surface area (Å²) >= 11 is 0. The highest BCUT2D eigenvalue weighted by Crippen LogP contribution is 2.18. The van der Waals surface area contributed by atoms with Crippen molar-refractivity contribution < 1.29 is 14.3 Å². The van der Waals surface area contributed by atoms with Crippen LogP contribution in [0, 0.1) is 0 Å². The molecule has 142 valence electrons. The molecule has 3 rings (SSSR count). The molecule has 0 aromatic heterocycles. The van der Waals surface area contributed by atoms with Crippen LogP contribution in [0.3, 0.4) is 0 Å². The normalized spacial score (nSPS) is 11.5. The van der Waals surface area contributed by atoms with Crippen LogP contribution >= 0.6 is 0 Å². The van der Waals surface area contributed by atoms with Crippen molar-refractivity contribution in [3.05, 3.63) is 108 Å². The van der Waals surface area contributed by atoms with Gasteiger partial charge in [0.15, 0.2) is 0 Å². The Balaban J connectivity index is 1.97. The van der Waals surface area contributed by atoms with Crippen LogP contribution in [0.5, 0.6) is 0 Å². The van der Waals surface area contributed by atoms with Crippen molar-refractivity contribution >= 4 is 11.9 Å². The van der Waals surface area contributed by atoms with Crippen LogP contribution in [0.1, 0.15) is 21.5 Å². The zero-order valence-electron chi connectivity index (χ0n) is 15.8. The van der Waals surface area contributed by atoms with Gasteiger partial charge in [-0.1, -0.05) is 78.9 Å². The number of rotatable bonds is 7. The van der Waals surface area contributed by atoms with Crippen molar-refractivity contribution in [2.45, 2.75) is 19.0 Å². The minimum atomic E-state index is -0.722. The SMILES string of the molecule is COC(=O)C(Cc1ccccc1)N(Cc1ccccc1)C(=O)c1ccccc1. The Bertz CT molecular complexity index is 895. The van der Waals surface area contributed by atoms with Crippen LogP contribution in [0.25, 0.3) is 0 Å². The second-order valence-corrected chi connectivity index (χ2v) is 6.51. The fraction of sp³-hybridized carbons (Fsp3) is 0.167. The lowest BCUT2D eigenvalue weighted by Gasteiger charge is -2.30. The Morgan fingerprint density at radius 2 is 1.29 bits per heavy atom. The zero-order chi connectivity index (χ0) is 19.8. The number of carbonyl (C=O) groups excluding carboxylic acids is 2. The molecule has 4 heteroatoms. The van der Waals surface area contributed by atoms with E-state index in [0.717, 1.165) is 11.1 Å². The molecule has 0 radical (unpaired) electrons. The van der Waals surface area contributed by atoms with Gasteiger partial charge in [-0.15, -0.1) is 0 Å². The van der Waals surface area contributed by atoms with Crippen molar-refractivity contribution in [3.8, 4) is 0 Å². The van der Waals surface area contributed by atoms with Gasteiger partial charge in [0.05, 0.1) is 7.11 Å². The lowest BCUT2D eigenvalue weighted by Crippen LogP contribution is -2.46. The predicted octanol–water partition coefficient (Wildman–Crippen LogP) is 4.11. The maximum atomic E-state index is 13.3. The highest BCUT2D eigenvalue weighted by molar-refractivity contribution is 5.96. The van der Waals surface area contributed by atoms with Crippen molar-refractivity contribution in [3.63, 3.8) is 0 Å². The number of methoxy groups -OCH3 is 1. The molecule has 4 nitrogen and oxygen atoms in total. The van der Waals surface area contributed by atoms with Crippen molar-refractivity contribution in [2.75, 3.05) is 7.11 Å². The first-order valence-corrected chi connectivity index (χ1v) is 9.20. The molecule has 1 amide bonds. The fourth-order valence-corrected chi connectivity index (χ4v) is 3.14. The third kappa shape index (κ3) is 4.86. The highest BCUT2D eigenvalue weighted by Gasteiger charge is 2.31. The number of amides is 1. The van der Waals surface area contributed by atoms with E-state index in [1.54, 1.807) is 17.0 Å². The molecule has 0 bridgehead atoms. The van der Waals surface area contributed by atoms with Gasteiger partial charge in [-0.25, -0.2) is 4.79 Å². The zero-order valence-corrected chi connectivity index (χ0v) is 15.8. The van der Waals surface area contributed by atoms with Crippen LogP contribution in [0.15, 0.2) is 91.0 Å². The van der Waals surface area contributed by atoms with Crippen molar-refractivity contribution in [1.82, 2.24) is 4.90 Å². The summed E-state index contributed by atoms with van der Waals surface area (Å²) in [5.41, 5.74) is 2.46. The van der Waals surface area contributed by atoms with Crippen LogP contribution in [-0.2, 0) is 22.5 Å². The summed E-state index contributed by atoms with van der Waals surface area (Å²) in [5, 5.41) is 0. The molecule has 0 aliphatic heterocycles. The van der Waals surface area contributed by atoms with Crippen molar-refractivity contribution in [1.29, 1.82) is 0 Å². The average molecular weight is 373 g/mol. The molecule has 0 saturated heterocycles. The van der Waals surface area contributed by atoms with Gasteiger partial charge >= 0.3 is 5.97 Å². The van der Waals surface area contributed by atoms with E-state index in [1.165, 1.54) is 7.11 Å². The Kier molecular flexibility index (Phi) is 6.58. The van der Waals surface area contributed by atoms with Gasteiger partial charge in [-0.05, 0) is 23.3 Å². The molecule has 1 atom stereocenters. The number of carbonyl (C=O) groups is 2. The standard InChI is InChI=1S/C24H23NO3/c1-28-24(27)22(17-19-11-5-2-6-12-19)25(18-20-13-7-3-8-14-20)23(26)21-15-9-4-10-16-21/h2-16,22H,17-18H2,1H3. The predicted molar refractivity (Wildman–Crippen MR) is 109 cm³/mol. The van der Waals surface area contributed by atoms with Crippen molar-refractivity contribution in [2.24, 2.45) is 0 Å². The molecule has 0 aliphatic rings. The number of hydrogen-bond acceptors (Lipinski definition) is 3. The monoisotopic (exact) mass is 373 g/mol. The van der Waals surface area contributed by atoms with Crippen LogP contribution in [-0.4, -0.2) is 29.9 Å². The minimum Gasteiger partial charge on any atom is -0.467 e. The smallest absolute Gasteiger partial charge is 0.328 e. The summed E-state index contributed by atoms with van der Waals surface area (Å²) in [7, 11) is 1.36. The van der Waals surface area contributed by atoms with E-state index in [2.05, 4.69) is 0 Å². The van der Waals surface area contributed by atoms with Crippen LogP contribution in [0.2, 0.25) is 0 Å². The molecule has 3 aromatic rings. The second kappa shape index (κ2) is 9.51. The lowest BCUT2D eigenvalue weighted by molar-refractivity contribution is -0.146. The lowest BCUT2D eigenvalue weighted by atomic mass is 10.0. The summed E-state index contributed by atoms with van der Waals surface area (Å²) in [6, 6.07) is 27.6. The topological polar surface area (TPSA) is 46.6 Å². The molecule has 28 heavy (non-hydrogen) atoms. The Morgan fingerprint density at radius 1 is 0.786 bits per heavy atom. The van der Waals surface area contributed by atoms with E-state index < -0.39 is 12.0 Å². The summed E-state index contributed by atoms with van der Waals surface area (Å²) in [4.78, 5) is 27.6. The summed E-state index contributed by atoms with van der Waals surface area (Å²) in [6.45, 7) is 0.321. The summed E-state index contributed by atoms with van der Waals surface area (Å²) in [5.74, 6) is -0.625. The number of ether oxygens (including phenoxy) is 1. The van der Waals surface area contributed by atoms with E-state index in [1.807, 2.05) is 78.9 Å². The maximum absolute atomic E-state index is 13.3. The molecular formula is C24H23NO3. The molecule has 0 saturated carbocycles. The van der Waals surface area contributed by atoms with Crippen LogP contribution < -0.4 is 0 Å². The molecule has 0 N–H and O–H groups in total. The maximum Gasteiger partial charge on any atom is 0.328 e. The number of esters is 1. The Hall–Kier alpha value is -3.40. The number of nitrogens with zero attached hydrogens (tertiary/aromatic N) is 1. The van der Waals surface area contributed by atoms with E-state index in [0.29, 0.717) is 18.5 Å². The third-order valence-electron chi connectivity index (χ3n) is 4.60. The molecule has 0 heterocycles. The van der Waals surface area contributed by atoms with Gasteiger partial charge < -0.3 is 9.64 Å². The summed E-state index contributed by atoms with van der Waals surface area (Å²) < 4.78 is 5.06. The molecule has 3 aromatic carbocycles. The van der Waals surface area contributed by atoms with Gasteiger partial charge in [-0.2, -0.15) is 0 Å². The van der Waals surface area contributed by atoms with Gasteiger partial charge in [0.25, 0.3) is 5.91 Å². The van der Waals surface area contributed by atoms with Gasteiger partial charge in [0.1, 0.15) is 6.04 Å². The van der Waals surface area contributed by atoms with E-state index in [-0.39, 0.29) is 5.91 Å². The highest BCUT2D eigenvalue weighted by atomic mass is 16.5. The Morgan fingerprint density at radius 3 is 1.82 bits per heavy atom. The molecule has 0 fully saturated rings. The first-order valence-electron chi connectivity index (χ1n) is 9.20. The first kappa shape index (κ1) is 19.4. The average Bonchev–Trinajstić information content (AvgIpc) is 2.77. The largest absolute Gasteiger partial charge is 0.467 e. The second-order valence-electron chi connectivity index (χ2n) is 6.51. The van der Waals surface area contributed by atoms with E-state index in [4.69, 9.17) is 4.74 Å². The van der Waals surface area contributed by atoms with Gasteiger partial charge in [0, 0.05) is 18.5 Å². The minimum absolute atomic E-state index is 0.198. The number of benzene rings is 3. The summed E-state index contributed by atoms with van der Waals surface area (Å²) in [6.07, 6.45) is 0.388. The quantitative estimate of drug-likeness (QED) is 0.586. The third-order valence-corrected chi connectivity index (χ3v) is 4.60. The molecule has 1 unspecified atom stereocenters. The first-order chi connectivity index (χ1) is 13.7. The van der Waals surface area contributed by atoms with Crippen LogP contribution in [0.4, 0.5) is 0 Å². The molecular weight excluding hydrogens is 350 g/mol.